The van der Waals surface area contributed by atoms with Crippen molar-refractivity contribution < 1.29 is 9.47 Å². The molecule has 1 aromatic heterocycles. The predicted octanol–water partition coefficient (Wildman–Crippen LogP) is 6.99. The van der Waals surface area contributed by atoms with Crippen molar-refractivity contribution in [2.24, 2.45) is 17.8 Å². The van der Waals surface area contributed by atoms with E-state index in [1.165, 1.54) is 0 Å². The van der Waals surface area contributed by atoms with Gasteiger partial charge in [0.05, 0.1) is 24.6 Å². The molecule has 3 N–H and O–H groups in total. The summed E-state index contributed by atoms with van der Waals surface area (Å²) in [6, 6.07) is 16.4. The third-order valence-electron chi connectivity index (χ3n) is 6.27. The highest BCUT2D eigenvalue weighted by Crippen LogP contribution is 2.49. The van der Waals surface area contributed by atoms with Gasteiger partial charge in [0, 0.05) is 17.7 Å². The van der Waals surface area contributed by atoms with Crippen LogP contribution in [0, 0.1) is 17.8 Å². The van der Waals surface area contributed by atoms with Gasteiger partial charge in [0.15, 0.2) is 0 Å². The Kier molecular flexibility index (Phi) is 7.42. The maximum atomic E-state index is 5.92. The number of benzene rings is 3. The fourth-order valence-corrected chi connectivity index (χ4v) is 4.57. The van der Waals surface area contributed by atoms with Crippen LogP contribution < -0.4 is 20.3 Å². The summed E-state index contributed by atoms with van der Waals surface area (Å²) in [4.78, 5) is 0. The van der Waals surface area contributed by atoms with E-state index in [0.717, 1.165) is 62.7 Å². The minimum absolute atomic E-state index is 0.467. The standard InChI is InChI=1S/C30H38N6O2/c1-18(2)15-36-33-29-25(21-7-11-23(12-8-21)37-16-19(3)4)27-28(32-35-31-27)26(30(29)34-36)22-9-13-24(14-10-22)38-17-20(5)6/h7-14,18-20,33-34H,15-17H2,1-6H3,(H,31,32,35). The summed E-state index contributed by atoms with van der Waals surface area (Å²) in [5.74, 6) is 3.13. The van der Waals surface area contributed by atoms with Crippen molar-refractivity contribution in [1.29, 1.82) is 0 Å². The molecule has 38 heavy (non-hydrogen) atoms. The van der Waals surface area contributed by atoms with E-state index in [2.05, 4.69) is 92.1 Å². The van der Waals surface area contributed by atoms with Gasteiger partial charge in [-0.25, -0.2) is 0 Å². The molecule has 1 aliphatic heterocycles. The zero-order valence-corrected chi connectivity index (χ0v) is 23.1. The van der Waals surface area contributed by atoms with Gasteiger partial charge in [0.1, 0.15) is 22.5 Å². The molecule has 0 bridgehead atoms. The van der Waals surface area contributed by atoms with Gasteiger partial charge in [-0.1, -0.05) is 65.8 Å². The van der Waals surface area contributed by atoms with Crippen LogP contribution in [0.1, 0.15) is 41.5 Å². The van der Waals surface area contributed by atoms with Crippen molar-refractivity contribution in [3.8, 4) is 33.8 Å². The normalized spacial score (nSPS) is 13.3. The van der Waals surface area contributed by atoms with Crippen LogP contribution >= 0.6 is 0 Å². The molecule has 0 atom stereocenters. The van der Waals surface area contributed by atoms with Crippen LogP contribution in [0.2, 0.25) is 0 Å². The van der Waals surface area contributed by atoms with Crippen molar-refractivity contribution in [2.45, 2.75) is 41.5 Å². The Morgan fingerprint density at radius 3 is 1.42 bits per heavy atom. The zero-order valence-electron chi connectivity index (χ0n) is 23.1. The molecule has 0 saturated carbocycles. The van der Waals surface area contributed by atoms with Crippen molar-refractivity contribution in [2.75, 3.05) is 30.6 Å². The Bertz CT molecular complexity index is 1280. The number of fused-ring (bicyclic) bond motifs is 2. The molecule has 3 aromatic carbocycles. The minimum Gasteiger partial charge on any atom is -0.493 e. The van der Waals surface area contributed by atoms with Gasteiger partial charge in [0.2, 0.25) is 0 Å². The Hall–Kier alpha value is -3.78. The molecule has 0 spiro atoms. The summed E-state index contributed by atoms with van der Waals surface area (Å²) in [5, 5.41) is 14.1. The molecule has 0 amide bonds. The molecular formula is C30H38N6O2. The topological polar surface area (TPSA) is 87.3 Å². The summed E-state index contributed by atoms with van der Waals surface area (Å²) in [6.45, 7) is 15.2. The highest BCUT2D eigenvalue weighted by molar-refractivity contribution is 6.14. The molecule has 0 radical (unpaired) electrons. The highest BCUT2D eigenvalue weighted by Gasteiger charge is 2.30. The zero-order chi connectivity index (χ0) is 26.8. The smallest absolute Gasteiger partial charge is 0.123 e. The van der Waals surface area contributed by atoms with Gasteiger partial charge in [-0.3, -0.25) is 10.9 Å². The van der Waals surface area contributed by atoms with E-state index in [-0.39, 0.29) is 0 Å². The van der Waals surface area contributed by atoms with Crippen molar-refractivity contribution in [3.05, 3.63) is 48.5 Å². The number of hydrogen-bond donors (Lipinski definition) is 3. The first kappa shape index (κ1) is 25.9. The summed E-state index contributed by atoms with van der Waals surface area (Å²) in [7, 11) is 0. The van der Waals surface area contributed by atoms with E-state index in [0.29, 0.717) is 31.0 Å². The number of hydrazine groups is 2. The molecule has 200 valence electrons. The fourth-order valence-electron chi connectivity index (χ4n) is 4.57. The van der Waals surface area contributed by atoms with Gasteiger partial charge in [0.25, 0.3) is 0 Å². The van der Waals surface area contributed by atoms with E-state index >= 15 is 0 Å². The molecule has 2 heterocycles. The van der Waals surface area contributed by atoms with Gasteiger partial charge < -0.3 is 9.47 Å². The molecule has 5 rings (SSSR count). The number of aromatic amines is 1. The average molecular weight is 515 g/mol. The number of nitrogens with one attached hydrogen (secondary N) is 3. The average Bonchev–Trinajstić information content (AvgIpc) is 3.52. The second kappa shape index (κ2) is 10.9. The first-order valence-corrected chi connectivity index (χ1v) is 13.5. The first-order valence-electron chi connectivity index (χ1n) is 13.5. The van der Waals surface area contributed by atoms with E-state index in [1.807, 2.05) is 29.4 Å². The van der Waals surface area contributed by atoms with Gasteiger partial charge in [-0.15, -0.1) is 5.12 Å². The lowest BCUT2D eigenvalue weighted by molar-refractivity contribution is 0.271. The summed E-state index contributed by atoms with van der Waals surface area (Å²) in [6.07, 6.45) is 0. The van der Waals surface area contributed by atoms with E-state index in [4.69, 9.17) is 9.47 Å². The van der Waals surface area contributed by atoms with Crippen molar-refractivity contribution >= 4 is 22.4 Å². The van der Waals surface area contributed by atoms with Gasteiger partial charge >= 0.3 is 0 Å². The van der Waals surface area contributed by atoms with Crippen LogP contribution in [0.25, 0.3) is 33.3 Å². The minimum atomic E-state index is 0.467. The van der Waals surface area contributed by atoms with E-state index < -0.39 is 0 Å². The largest absolute Gasteiger partial charge is 0.493 e. The van der Waals surface area contributed by atoms with Crippen LogP contribution in [-0.4, -0.2) is 40.3 Å². The molecule has 8 heteroatoms. The summed E-state index contributed by atoms with van der Waals surface area (Å²) < 4.78 is 11.8. The maximum Gasteiger partial charge on any atom is 0.123 e. The molecule has 0 unspecified atom stereocenters. The molecular weight excluding hydrogens is 476 g/mol. The second-order valence-corrected chi connectivity index (χ2v) is 11.2. The quantitative estimate of drug-likeness (QED) is 0.210. The fraction of sp³-hybridized carbons (Fsp3) is 0.400. The van der Waals surface area contributed by atoms with Crippen LogP contribution in [0.4, 0.5) is 11.4 Å². The van der Waals surface area contributed by atoms with Crippen LogP contribution in [-0.2, 0) is 0 Å². The Morgan fingerprint density at radius 2 is 1.05 bits per heavy atom. The molecule has 0 saturated heterocycles. The first-order chi connectivity index (χ1) is 18.3. The van der Waals surface area contributed by atoms with E-state index in [9.17, 15) is 0 Å². The SMILES string of the molecule is CC(C)COc1ccc(-c2c3c(c(-c4ccc(OCC(C)C)cc4)c4n[nH]nc24)NN(CC(C)C)N3)cc1. The Morgan fingerprint density at radius 1 is 0.632 bits per heavy atom. The highest BCUT2D eigenvalue weighted by atomic mass is 16.5. The number of aromatic nitrogens is 3. The molecule has 8 nitrogen and oxygen atoms in total. The van der Waals surface area contributed by atoms with Crippen LogP contribution in [0.3, 0.4) is 0 Å². The number of ether oxygens (including phenoxy) is 2. The summed E-state index contributed by atoms with van der Waals surface area (Å²) in [5.41, 5.74) is 14.9. The van der Waals surface area contributed by atoms with Gasteiger partial charge in [-0.2, -0.15) is 15.4 Å². The van der Waals surface area contributed by atoms with Crippen molar-refractivity contribution in [3.63, 3.8) is 0 Å². The van der Waals surface area contributed by atoms with Crippen molar-refractivity contribution in [1.82, 2.24) is 20.5 Å². The molecule has 0 aliphatic carbocycles. The lowest BCUT2D eigenvalue weighted by Crippen LogP contribution is -2.33. The molecule has 0 fully saturated rings. The van der Waals surface area contributed by atoms with Gasteiger partial charge in [-0.05, 0) is 53.1 Å². The van der Waals surface area contributed by atoms with E-state index in [1.54, 1.807) is 0 Å². The predicted molar refractivity (Wildman–Crippen MR) is 154 cm³/mol. The monoisotopic (exact) mass is 514 g/mol. The van der Waals surface area contributed by atoms with Crippen LogP contribution in [0.5, 0.6) is 11.5 Å². The maximum absolute atomic E-state index is 5.92. The lowest BCUT2D eigenvalue weighted by atomic mass is 9.94. The molecule has 1 aliphatic rings. The third kappa shape index (κ3) is 5.41. The Balaban J connectivity index is 1.59. The number of nitrogens with zero attached hydrogens (tertiary/aromatic N) is 3. The lowest BCUT2D eigenvalue weighted by Gasteiger charge is -2.19. The molecule has 4 aromatic rings. The second-order valence-electron chi connectivity index (χ2n) is 11.2. The number of rotatable bonds is 10. The third-order valence-corrected chi connectivity index (χ3v) is 6.27. The summed E-state index contributed by atoms with van der Waals surface area (Å²) >= 11 is 0. The Labute approximate surface area is 224 Å². The number of H-pyrrole nitrogens is 1. The van der Waals surface area contributed by atoms with Crippen LogP contribution in [0.15, 0.2) is 48.5 Å². The number of hydrogen-bond acceptors (Lipinski definition) is 7. The number of anilines is 2.